The van der Waals surface area contributed by atoms with E-state index in [1.807, 2.05) is 97.2 Å². The lowest BCUT2D eigenvalue weighted by molar-refractivity contribution is -0.122. The van der Waals surface area contributed by atoms with Crippen LogP contribution in [0.3, 0.4) is 0 Å². The van der Waals surface area contributed by atoms with Gasteiger partial charge in [-0.25, -0.2) is 9.38 Å². The first-order valence-electron chi connectivity index (χ1n) is 12.3. The molecule has 0 atom stereocenters. The second kappa shape index (κ2) is 10.5. The fourth-order valence-electron chi connectivity index (χ4n) is 4.54. The molecule has 1 aromatic heterocycles. The normalized spacial score (nSPS) is 15.7. The maximum absolute atomic E-state index is 13.6. The van der Waals surface area contributed by atoms with Gasteiger partial charge in [0.05, 0.1) is 17.1 Å². The van der Waals surface area contributed by atoms with E-state index in [4.69, 9.17) is 4.99 Å². The molecular formula is C32H24FN3OS. The van der Waals surface area contributed by atoms with Crippen LogP contribution in [0.25, 0.3) is 17.0 Å². The van der Waals surface area contributed by atoms with Crippen molar-refractivity contribution < 1.29 is 9.18 Å². The molecule has 0 unspecified atom stereocenters. The van der Waals surface area contributed by atoms with Gasteiger partial charge in [0, 0.05) is 23.6 Å². The van der Waals surface area contributed by atoms with Crippen molar-refractivity contribution in [2.45, 2.75) is 13.1 Å². The Kier molecular flexibility index (Phi) is 6.63. The van der Waals surface area contributed by atoms with E-state index >= 15 is 0 Å². The Morgan fingerprint density at radius 2 is 1.55 bits per heavy atom. The number of amidine groups is 1. The summed E-state index contributed by atoms with van der Waals surface area (Å²) in [6.45, 7) is 1.04. The lowest BCUT2D eigenvalue weighted by Crippen LogP contribution is -2.28. The van der Waals surface area contributed by atoms with Crippen LogP contribution in [0.5, 0.6) is 0 Å². The highest BCUT2D eigenvalue weighted by molar-refractivity contribution is 8.18. The molecule has 5 aromatic rings. The van der Waals surface area contributed by atoms with Crippen molar-refractivity contribution in [1.29, 1.82) is 0 Å². The van der Waals surface area contributed by atoms with Crippen LogP contribution in [0, 0.1) is 5.82 Å². The van der Waals surface area contributed by atoms with Crippen LogP contribution < -0.4 is 0 Å². The van der Waals surface area contributed by atoms with Gasteiger partial charge in [0.1, 0.15) is 5.82 Å². The predicted molar refractivity (Wildman–Crippen MR) is 154 cm³/mol. The van der Waals surface area contributed by atoms with Gasteiger partial charge >= 0.3 is 0 Å². The summed E-state index contributed by atoms with van der Waals surface area (Å²) < 4.78 is 15.7. The van der Waals surface area contributed by atoms with E-state index in [2.05, 4.69) is 10.6 Å². The van der Waals surface area contributed by atoms with Gasteiger partial charge in [-0.2, -0.15) is 0 Å². The summed E-state index contributed by atoms with van der Waals surface area (Å²) in [4.78, 5) is 20.7. The van der Waals surface area contributed by atoms with E-state index in [9.17, 15) is 9.18 Å². The van der Waals surface area contributed by atoms with Gasteiger partial charge < -0.3 is 4.57 Å². The van der Waals surface area contributed by atoms with Crippen LogP contribution in [0.4, 0.5) is 10.1 Å². The molecule has 1 aliphatic heterocycles. The van der Waals surface area contributed by atoms with Crippen molar-refractivity contribution >= 4 is 45.5 Å². The Bertz CT molecular complexity index is 1680. The van der Waals surface area contributed by atoms with Crippen molar-refractivity contribution in [2.75, 3.05) is 0 Å². The Morgan fingerprint density at radius 1 is 0.789 bits per heavy atom. The van der Waals surface area contributed by atoms with Crippen LogP contribution in [0.1, 0.15) is 16.7 Å². The molecule has 1 fully saturated rings. The number of hydrogen-bond donors (Lipinski definition) is 0. The molecule has 0 spiro atoms. The number of nitrogens with zero attached hydrogens (tertiary/aromatic N) is 3. The third-order valence-corrected chi connectivity index (χ3v) is 7.39. The summed E-state index contributed by atoms with van der Waals surface area (Å²) in [5.74, 6) is -0.291. The molecular weight excluding hydrogens is 493 g/mol. The number of aliphatic imine (C=N–C) groups is 1. The average Bonchev–Trinajstić information content (AvgIpc) is 3.45. The molecule has 1 saturated heterocycles. The molecule has 1 aliphatic rings. The summed E-state index contributed by atoms with van der Waals surface area (Å²) in [6, 6.07) is 34.5. The topological polar surface area (TPSA) is 37.6 Å². The summed E-state index contributed by atoms with van der Waals surface area (Å²) >= 11 is 1.40. The SMILES string of the molecule is O=C1/C(=C\c2ccc3c(ccn3Cc3cccc(F)c3)c2)SC(=Nc2ccccc2)N1Cc1ccccc1. The Balaban J connectivity index is 1.30. The minimum Gasteiger partial charge on any atom is -0.343 e. The molecule has 4 nitrogen and oxygen atoms in total. The summed E-state index contributed by atoms with van der Waals surface area (Å²) in [5.41, 5.74) is 4.76. The average molecular weight is 518 g/mol. The number of halogens is 1. The second-order valence-corrected chi connectivity index (χ2v) is 10.1. The molecule has 0 N–H and O–H groups in total. The van der Waals surface area contributed by atoms with Crippen molar-refractivity contribution in [3.8, 4) is 0 Å². The highest BCUT2D eigenvalue weighted by Gasteiger charge is 2.33. The van der Waals surface area contributed by atoms with Gasteiger partial charge in [0.25, 0.3) is 5.91 Å². The number of benzene rings is 4. The largest absolute Gasteiger partial charge is 0.343 e. The van der Waals surface area contributed by atoms with Crippen LogP contribution in [0.15, 0.2) is 125 Å². The third kappa shape index (κ3) is 5.17. The van der Waals surface area contributed by atoms with Crippen molar-refractivity contribution in [3.63, 3.8) is 0 Å². The van der Waals surface area contributed by atoms with E-state index in [0.29, 0.717) is 23.2 Å². The van der Waals surface area contributed by atoms with Gasteiger partial charge in [-0.1, -0.05) is 66.7 Å². The maximum Gasteiger partial charge on any atom is 0.267 e. The van der Waals surface area contributed by atoms with E-state index in [0.717, 1.165) is 33.3 Å². The van der Waals surface area contributed by atoms with Crippen LogP contribution >= 0.6 is 11.8 Å². The number of para-hydroxylation sites is 1. The highest BCUT2D eigenvalue weighted by Crippen LogP contribution is 2.35. The van der Waals surface area contributed by atoms with E-state index < -0.39 is 0 Å². The van der Waals surface area contributed by atoms with Crippen molar-refractivity contribution in [2.24, 2.45) is 4.99 Å². The molecule has 38 heavy (non-hydrogen) atoms. The first-order valence-corrected chi connectivity index (χ1v) is 13.2. The predicted octanol–water partition coefficient (Wildman–Crippen LogP) is 7.63. The minimum absolute atomic E-state index is 0.0581. The number of fused-ring (bicyclic) bond motifs is 1. The monoisotopic (exact) mass is 517 g/mol. The van der Waals surface area contributed by atoms with Gasteiger partial charge in [-0.05, 0) is 77.0 Å². The summed E-state index contributed by atoms with van der Waals surface area (Å²) in [6.07, 6.45) is 3.94. The molecule has 4 aromatic carbocycles. The first kappa shape index (κ1) is 23.9. The Hall–Kier alpha value is -4.42. The minimum atomic E-state index is -0.233. The van der Waals surface area contributed by atoms with E-state index in [1.165, 1.54) is 17.8 Å². The molecule has 0 bridgehead atoms. The number of hydrogen-bond acceptors (Lipinski definition) is 3. The number of carbonyl (C=O) groups is 1. The zero-order chi connectivity index (χ0) is 25.9. The summed E-state index contributed by atoms with van der Waals surface area (Å²) in [5, 5.41) is 1.73. The van der Waals surface area contributed by atoms with E-state index in [1.54, 1.807) is 17.0 Å². The zero-order valence-corrected chi connectivity index (χ0v) is 21.3. The lowest BCUT2D eigenvalue weighted by Gasteiger charge is -2.15. The van der Waals surface area contributed by atoms with Gasteiger partial charge in [0.15, 0.2) is 5.17 Å². The highest BCUT2D eigenvalue weighted by atomic mass is 32.2. The van der Waals surface area contributed by atoms with Gasteiger partial charge in [-0.15, -0.1) is 0 Å². The molecule has 0 radical (unpaired) electrons. The van der Waals surface area contributed by atoms with Crippen molar-refractivity contribution in [1.82, 2.24) is 9.47 Å². The number of aromatic nitrogens is 1. The molecule has 6 heteroatoms. The molecule has 186 valence electrons. The first-order chi connectivity index (χ1) is 18.6. The molecule has 2 heterocycles. The fraction of sp³-hybridized carbons (Fsp3) is 0.0625. The molecule has 0 aliphatic carbocycles. The second-order valence-electron chi connectivity index (χ2n) is 9.11. The lowest BCUT2D eigenvalue weighted by atomic mass is 10.1. The number of carbonyl (C=O) groups excluding carboxylic acids is 1. The third-order valence-electron chi connectivity index (χ3n) is 6.39. The standard InChI is InChI=1S/C32H24FN3OS/c33-27-11-7-10-25(19-27)21-35-17-16-26-18-24(14-15-29(26)35)20-30-31(37)36(22-23-8-3-1-4-9-23)32(38-30)34-28-12-5-2-6-13-28/h1-20H,21-22H2/b30-20+,34-32?. The van der Waals surface area contributed by atoms with Crippen LogP contribution in [-0.2, 0) is 17.9 Å². The molecule has 1 amide bonds. The van der Waals surface area contributed by atoms with Crippen molar-refractivity contribution in [3.05, 3.63) is 143 Å². The van der Waals surface area contributed by atoms with Gasteiger partial charge in [-0.3, -0.25) is 9.69 Å². The van der Waals surface area contributed by atoms with Crippen LogP contribution in [0.2, 0.25) is 0 Å². The van der Waals surface area contributed by atoms with Gasteiger partial charge in [0.2, 0.25) is 0 Å². The number of thioether (sulfide) groups is 1. The fourth-order valence-corrected chi connectivity index (χ4v) is 5.54. The summed E-state index contributed by atoms with van der Waals surface area (Å²) in [7, 11) is 0. The maximum atomic E-state index is 13.6. The molecule has 0 saturated carbocycles. The Morgan fingerprint density at radius 3 is 2.34 bits per heavy atom. The number of amides is 1. The quantitative estimate of drug-likeness (QED) is 0.217. The Labute approximate surface area is 224 Å². The number of rotatable bonds is 6. The smallest absolute Gasteiger partial charge is 0.267 e. The van der Waals surface area contributed by atoms with Crippen LogP contribution in [-0.4, -0.2) is 20.5 Å². The zero-order valence-electron chi connectivity index (χ0n) is 20.5. The van der Waals surface area contributed by atoms with E-state index in [-0.39, 0.29) is 11.7 Å². The molecule has 6 rings (SSSR count).